The Balaban J connectivity index is 1.97. The van der Waals surface area contributed by atoms with Gasteiger partial charge in [-0.3, -0.25) is 0 Å². The van der Waals surface area contributed by atoms with Crippen LogP contribution in [-0.4, -0.2) is 25.7 Å². The molecule has 0 amide bonds. The molecule has 3 nitrogen and oxygen atoms in total. The molecule has 100 valence electrons. The topological polar surface area (TPSA) is 38.5 Å². The lowest BCUT2D eigenvalue weighted by Crippen LogP contribution is -2.45. The molecular weight excluding hydrogens is 224 g/mol. The molecule has 0 bridgehead atoms. The molecule has 0 saturated carbocycles. The second-order valence-electron chi connectivity index (χ2n) is 5.22. The minimum absolute atomic E-state index is 0.355. The predicted molar refractivity (Wildman–Crippen MR) is 76.2 cm³/mol. The van der Waals surface area contributed by atoms with Crippen molar-refractivity contribution in [2.45, 2.75) is 32.7 Å². The smallest absolute Gasteiger partial charge is 0.119 e. The number of nitrogens with two attached hydrogens (primary N) is 1. The Morgan fingerprint density at radius 2 is 2.06 bits per heavy atom. The minimum atomic E-state index is 0.355. The van der Waals surface area contributed by atoms with Gasteiger partial charge in [0.15, 0.2) is 0 Å². The van der Waals surface area contributed by atoms with Gasteiger partial charge < -0.3 is 15.4 Å². The molecule has 18 heavy (non-hydrogen) atoms. The van der Waals surface area contributed by atoms with Crippen LogP contribution >= 0.6 is 0 Å². The fraction of sp³-hybridized carbons (Fsp3) is 0.600. The molecule has 2 unspecified atom stereocenters. The van der Waals surface area contributed by atoms with Gasteiger partial charge in [-0.05, 0) is 43.0 Å². The zero-order chi connectivity index (χ0) is 13.0. The van der Waals surface area contributed by atoms with E-state index >= 15 is 0 Å². The first-order valence-electron chi connectivity index (χ1n) is 6.94. The van der Waals surface area contributed by atoms with E-state index in [0.717, 1.165) is 38.3 Å². The van der Waals surface area contributed by atoms with Gasteiger partial charge >= 0.3 is 0 Å². The first kappa shape index (κ1) is 13.2. The molecule has 3 heteroatoms. The second kappa shape index (κ2) is 6.10. The Labute approximate surface area is 110 Å². The first-order valence-corrected chi connectivity index (χ1v) is 6.94. The van der Waals surface area contributed by atoms with Crippen molar-refractivity contribution in [1.82, 2.24) is 0 Å². The average Bonchev–Trinajstić information content (AvgIpc) is 2.40. The third kappa shape index (κ3) is 3.16. The normalized spacial score (nSPS) is 24.1. The van der Waals surface area contributed by atoms with E-state index in [1.54, 1.807) is 0 Å². The van der Waals surface area contributed by atoms with Gasteiger partial charge in [-0.2, -0.15) is 0 Å². The molecule has 1 aromatic carbocycles. The maximum Gasteiger partial charge on any atom is 0.119 e. The van der Waals surface area contributed by atoms with Gasteiger partial charge in [0.05, 0.1) is 6.61 Å². The fourth-order valence-corrected chi connectivity index (χ4v) is 2.37. The Bertz CT molecular complexity index is 363. The van der Waals surface area contributed by atoms with Crippen molar-refractivity contribution < 1.29 is 4.74 Å². The summed E-state index contributed by atoms with van der Waals surface area (Å²) in [6, 6.07) is 8.77. The fourth-order valence-electron chi connectivity index (χ4n) is 2.37. The summed E-state index contributed by atoms with van der Waals surface area (Å²) in [7, 11) is 0. The largest absolute Gasteiger partial charge is 0.494 e. The number of nitrogens with zero attached hydrogens (tertiary/aromatic N) is 1. The summed E-state index contributed by atoms with van der Waals surface area (Å²) in [4.78, 5) is 2.41. The molecule has 1 fully saturated rings. The Morgan fingerprint density at radius 3 is 2.67 bits per heavy atom. The van der Waals surface area contributed by atoms with Crippen LogP contribution in [0.2, 0.25) is 0 Å². The molecule has 0 aliphatic carbocycles. The molecule has 0 radical (unpaired) electrons. The van der Waals surface area contributed by atoms with Crippen LogP contribution in [0.25, 0.3) is 0 Å². The molecule has 2 atom stereocenters. The van der Waals surface area contributed by atoms with Crippen LogP contribution in [0.1, 0.15) is 26.7 Å². The number of hydrogen-bond acceptors (Lipinski definition) is 3. The minimum Gasteiger partial charge on any atom is -0.494 e. The predicted octanol–water partition coefficient (Wildman–Crippen LogP) is 2.65. The van der Waals surface area contributed by atoms with Crippen molar-refractivity contribution in [3.05, 3.63) is 24.3 Å². The number of ether oxygens (including phenoxy) is 1. The lowest BCUT2D eigenvalue weighted by Gasteiger charge is -2.36. The molecule has 1 heterocycles. The van der Waals surface area contributed by atoms with Crippen molar-refractivity contribution in [3.8, 4) is 5.75 Å². The van der Waals surface area contributed by atoms with Gasteiger partial charge in [-0.25, -0.2) is 0 Å². The van der Waals surface area contributed by atoms with Crippen LogP contribution in [0.5, 0.6) is 5.75 Å². The number of benzene rings is 1. The van der Waals surface area contributed by atoms with Gasteiger partial charge in [0.2, 0.25) is 0 Å². The highest BCUT2D eigenvalue weighted by molar-refractivity contribution is 5.49. The van der Waals surface area contributed by atoms with E-state index in [0.29, 0.717) is 12.0 Å². The van der Waals surface area contributed by atoms with E-state index in [-0.39, 0.29) is 0 Å². The summed E-state index contributed by atoms with van der Waals surface area (Å²) in [5.41, 5.74) is 7.33. The Morgan fingerprint density at radius 1 is 1.33 bits per heavy atom. The van der Waals surface area contributed by atoms with Crippen molar-refractivity contribution in [3.63, 3.8) is 0 Å². The van der Waals surface area contributed by atoms with E-state index in [1.807, 2.05) is 0 Å². The van der Waals surface area contributed by atoms with Crippen molar-refractivity contribution in [2.24, 2.45) is 11.7 Å². The Kier molecular flexibility index (Phi) is 4.48. The summed E-state index contributed by atoms with van der Waals surface area (Å²) in [5.74, 6) is 1.53. The summed E-state index contributed by atoms with van der Waals surface area (Å²) >= 11 is 0. The van der Waals surface area contributed by atoms with Crippen LogP contribution in [0.4, 0.5) is 5.69 Å². The van der Waals surface area contributed by atoms with E-state index in [9.17, 15) is 0 Å². The SMILES string of the molecule is CCCOc1ccc(N2CCC(N)C(C)C2)cc1. The second-order valence-corrected chi connectivity index (χ2v) is 5.22. The number of anilines is 1. The number of hydrogen-bond donors (Lipinski definition) is 1. The average molecular weight is 248 g/mol. The third-order valence-electron chi connectivity index (χ3n) is 3.65. The van der Waals surface area contributed by atoms with Gasteiger partial charge in [0.1, 0.15) is 5.75 Å². The molecule has 1 aliphatic heterocycles. The summed E-state index contributed by atoms with van der Waals surface area (Å²) in [5, 5.41) is 0. The van der Waals surface area contributed by atoms with Crippen LogP contribution < -0.4 is 15.4 Å². The molecule has 1 aromatic rings. The standard InChI is InChI=1S/C15H24N2O/c1-3-10-18-14-6-4-13(5-7-14)17-9-8-15(16)12(2)11-17/h4-7,12,15H,3,8-11,16H2,1-2H3. The maximum absolute atomic E-state index is 6.05. The van der Waals surface area contributed by atoms with Crippen molar-refractivity contribution >= 4 is 5.69 Å². The molecule has 0 aromatic heterocycles. The van der Waals surface area contributed by atoms with Gasteiger partial charge in [-0.15, -0.1) is 0 Å². The highest BCUT2D eigenvalue weighted by Gasteiger charge is 2.23. The monoisotopic (exact) mass is 248 g/mol. The molecule has 2 rings (SSSR count). The van der Waals surface area contributed by atoms with Gasteiger partial charge in [0, 0.05) is 24.8 Å². The van der Waals surface area contributed by atoms with Crippen LogP contribution in [0.15, 0.2) is 24.3 Å². The first-order chi connectivity index (χ1) is 8.70. The quantitative estimate of drug-likeness (QED) is 0.890. The number of piperidine rings is 1. The summed E-state index contributed by atoms with van der Waals surface area (Å²) in [6.07, 6.45) is 2.12. The van der Waals surface area contributed by atoms with Gasteiger partial charge in [0.25, 0.3) is 0 Å². The van der Waals surface area contributed by atoms with Crippen LogP contribution in [-0.2, 0) is 0 Å². The zero-order valence-electron chi connectivity index (χ0n) is 11.4. The van der Waals surface area contributed by atoms with Crippen molar-refractivity contribution in [2.75, 3.05) is 24.6 Å². The Hall–Kier alpha value is -1.22. The number of rotatable bonds is 4. The lowest BCUT2D eigenvalue weighted by molar-refractivity contribution is 0.317. The van der Waals surface area contributed by atoms with E-state index in [1.165, 1.54) is 5.69 Å². The molecule has 1 aliphatic rings. The van der Waals surface area contributed by atoms with Crippen LogP contribution in [0, 0.1) is 5.92 Å². The summed E-state index contributed by atoms with van der Waals surface area (Å²) in [6.45, 7) is 7.24. The highest BCUT2D eigenvalue weighted by atomic mass is 16.5. The molecule has 0 spiro atoms. The van der Waals surface area contributed by atoms with Crippen LogP contribution in [0.3, 0.4) is 0 Å². The van der Waals surface area contributed by atoms with E-state index in [2.05, 4.69) is 43.0 Å². The zero-order valence-corrected chi connectivity index (χ0v) is 11.4. The molecule has 2 N–H and O–H groups in total. The molecular formula is C15H24N2O. The maximum atomic E-state index is 6.05. The lowest BCUT2D eigenvalue weighted by atomic mass is 9.94. The van der Waals surface area contributed by atoms with E-state index < -0.39 is 0 Å². The van der Waals surface area contributed by atoms with Crippen molar-refractivity contribution in [1.29, 1.82) is 0 Å². The summed E-state index contributed by atoms with van der Waals surface area (Å²) < 4.78 is 5.60. The van der Waals surface area contributed by atoms with E-state index in [4.69, 9.17) is 10.5 Å². The third-order valence-corrected chi connectivity index (χ3v) is 3.65. The van der Waals surface area contributed by atoms with Gasteiger partial charge in [-0.1, -0.05) is 13.8 Å². The molecule has 1 saturated heterocycles. The highest BCUT2D eigenvalue weighted by Crippen LogP contribution is 2.24.